The summed E-state index contributed by atoms with van der Waals surface area (Å²) < 4.78 is 12.4. The third-order valence-corrected chi connectivity index (χ3v) is 4.78. The summed E-state index contributed by atoms with van der Waals surface area (Å²) in [5.41, 5.74) is 0.282. The van der Waals surface area contributed by atoms with Crippen molar-refractivity contribution in [1.29, 1.82) is 0 Å². The molecule has 1 aliphatic rings. The van der Waals surface area contributed by atoms with Crippen molar-refractivity contribution in [3.63, 3.8) is 0 Å². The molecule has 0 aliphatic heterocycles. The lowest BCUT2D eigenvalue weighted by Crippen LogP contribution is -2.55. The molecule has 3 rings (SSSR count). The van der Waals surface area contributed by atoms with Gasteiger partial charge in [-0.05, 0) is 56.0 Å². The minimum atomic E-state index is -0.620. The van der Waals surface area contributed by atoms with Crippen LogP contribution in [0.15, 0.2) is 36.7 Å². The fourth-order valence-electron chi connectivity index (χ4n) is 3.43. The van der Waals surface area contributed by atoms with E-state index in [1.54, 1.807) is 31.8 Å². The monoisotopic (exact) mass is 416 g/mol. The van der Waals surface area contributed by atoms with E-state index >= 15 is 0 Å². The summed E-state index contributed by atoms with van der Waals surface area (Å²) in [6, 6.07) is 8.81. The SMILES string of the molecule is CC(C)(C)OC(=O)N[C@@H]1CC(n2cnnn2)CC[C@@H]1NC(=O)OCc1ccccc1. The van der Waals surface area contributed by atoms with Gasteiger partial charge in [0.25, 0.3) is 0 Å². The molecular weight excluding hydrogens is 388 g/mol. The maximum Gasteiger partial charge on any atom is 0.407 e. The smallest absolute Gasteiger partial charge is 0.407 e. The summed E-state index contributed by atoms with van der Waals surface area (Å²) in [6.45, 7) is 5.58. The lowest BCUT2D eigenvalue weighted by molar-refractivity contribution is 0.0462. The van der Waals surface area contributed by atoms with Crippen LogP contribution in [0.1, 0.15) is 51.6 Å². The van der Waals surface area contributed by atoms with E-state index in [1.165, 1.54) is 0 Å². The number of amides is 2. The minimum Gasteiger partial charge on any atom is -0.445 e. The van der Waals surface area contributed by atoms with E-state index < -0.39 is 17.8 Å². The van der Waals surface area contributed by atoms with Gasteiger partial charge in [-0.25, -0.2) is 14.3 Å². The molecule has 1 heterocycles. The summed E-state index contributed by atoms with van der Waals surface area (Å²) >= 11 is 0. The first kappa shape index (κ1) is 21.5. The van der Waals surface area contributed by atoms with Crippen LogP contribution in [-0.4, -0.2) is 50.1 Å². The molecule has 10 nitrogen and oxygen atoms in total. The predicted octanol–water partition coefficient (Wildman–Crippen LogP) is 2.59. The van der Waals surface area contributed by atoms with Crippen LogP contribution < -0.4 is 10.6 Å². The Morgan fingerprint density at radius 2 is 1.83 bits per heavy atom. The number of benzene rings is 1. The fraction of sp³-hybridized carbons (Fsp3) is 0.550. The molecule has 30 heavy (non-hydrogen) atoms. The molecule has 0 bridgehead atoms. The quantitative estimate of drug-likeness (QED) is 0.768. The number of carbonyl (C=O) groups excluding carboxylic acids is 2. The first-order valence-corrected chi connectivity index (χ1v) is 9.99. The van der Waals surface area contributed by atoms with Gasteiger partial charge in [-0.1, -0.05) is 30.3 Å². The van der Waals surface area contributed by atoms with E-state index in [0.29, 0.717) is 12.8 Å². The van der Waals surface area contributed by atoms with E-state index in [0.717, 1.165) is 12.0 Å². The highest BCUT2D eigenvalue weighted by Crippen LogP contribution is 2.28. The van der Waals surface area contributed by atoms with E-state index in [1.807, 2.05) is 30.3 Å². The van der Waals surface area contributed by atoms with Gasteiger partial charge >= 0.3 is 12.2 Å². The highest BCUT2D eigenvalue weighted by molar-refractivity contribution is 5.69. The summed E-state index contributed by atoms with van der Waals surface area (Å²) in [5, 5.41) is 17.1. The topological polar surface area (TPSA) is 120 Å². The predicted molar refractivity (Wildman–Crippen MR) is 107 cm³/mol. The van der Waals surface area contributed by atoms with E-state index in [9.17, 15) is 9.59 Å². The number of rotatable bonds is 5. The number of nitrogens with zero attached hydrogens (tertiary/aromatic N) is 4. The maximum atomic E-state index is 12.3. The summed E-state index contributed by atoms with van der Waals surface area (Å²) in [5.74, 6) is 0. The molecule has 1 aromatic carbocycles. The molecule has 1 fully saturated rings. The van der Waals surface area contributed by atoms with Crippen molar-refractivity contribution in [2.75, 3.05) is 0 Å². The fourth-order valence-corrected chi connectivity index (χ4v) is 3.43. The van der Waals surface area contributed by atoms with Crippen LogP contribution >= 0.6 is 0 Å². The van der Waals surface area contributed by atoms with Crippen LogP contribution in [0.4, 0.5) is 9.59 Å². The van der Waals surface area contributed by atoms with Crippen molar-refractivity contribution in [2.24, 2.45) is 0 Å². The summed E-state index contributed by atoms with van der Waals surface area (Å²) in [6.07, 6.45) is 2.42. The molecule has 162 valence electrons. The summed E-state index contributed by atoms with van der Waals surface area (Å²) in [4.78, 5) is 24.7. The van der Waals surface area contributed by atoms with Crippen molar-refractivity contribution in [1.82, 2.24) is 30.8 Å². The number of carbonyl (C=O) groups is 2. The number of tetrazole rings is 1. The average Bonchev–Trinajstić information content (AvgIpc) is 3.22. The second kappa shape index (κ2) is 9.55. The zero-order chi connectivity index (χ0) is 21.6. The van der Waals surface area contributed by atoms with E-state index in [2.05, 4.69) is 26.2 Å². The van der Waals surface area contributed by atoms with Gasteiger partial charge in [0.15, 0.2) is 0 Å². The Morgan fingerprint density at radius 1 is 1.10 bits per heavy atom. The number of hydrogen-bond acceptors (Lipinski definition) is 7. The Kier molecular flexibility index (Phi) is 6.86. The first-order valence-electron chi connectivity index (χ1n) is 9.99. The van der Waals surface area contributed by atoms with Crippen molar-refractivity contribution < 1.29 is 19.1 Å². The third kappa shape index (κ3) is 6.43. The molecule has 1 unspecified atom stereocenters. The highest BCUT2D eigenvalue weighted by Gasteiger charge is 2.35. The minimum absolute atomic E-state index is 0.0123. The lowest BCUT2D eigenvalue weighted by atomic mass is 9.87. The third-order valence-electron chi connectivity index (χ3n) is 4.78. The van der Waals surface area contributed by atoms with Crippen molar-refractivity contribution in [2.45, 2.75) is 70.4 Å². The molecule has 0 radical (unpaired) electrons. The van der Waals surface area contributed by atoms with Crippen molar-refractivity contribution in [3.8, 4) is 0 Å². The van der Waals surface area contributed by atoms with Gasteiger partial charge in [0.2, 0.25) is 0 Å². The van der Waals surface area contributed by atoms with Gasteiger partial charge in [-0.3, -0.25) is 0 Å². The van der Waals surface area contributed by atoms with E-state index in [4.69, 9.17) is 9.47 Å². The van der Waals surface area contributed by atoms with Gasteiger partial charge in [0.1, 0.15) is 18.5 Å². The van der Waals surface area contributed by atoms with Gasteiger partial charge in [-0.2, -0.15) is 0 Å². The number of nitrogens with one attached hydrogen (secondary N) is 2. The highest BCUT2D eigenvalue weighted by atomic mass is 16.6. The Balaban J connectivity index is 1.61. The molecule has 1 aromatic heterocycles. The second-order valence-electron chi connectivity index (χ2n) is 8.32. The molecular formula is C20H28N6O4. The zero-order valence-corrected chi connectivity index (χ0v) is 17.4. The standard InChI is InChI=1S/C20H28N6O4/c1-20(2,3)30-19(28)23-17-11-15(26-13-21-24-25-26)9-10-16(17)22-18(27)29-12-14-7-5-4-6-8-14/h4-8,13,15-17H,9-12H2,1-3H3,(H,22,27)(H,23,28)/t15?,16-,17+/m0/s1. The second-order valence-corrected chi connectivity index (χ2v) is 8.32. The average molecular weight is 416 g/mol. The lowest BCUT2D eigenvalue weighted by Gasteiger charge is -2.36. The van der Waals surface area contributed by atoms with Crippen LogP contribution in [0.25, 0.3) is 0 Å². The van der Waals surface area contributed by atoms with Gasteiger partial charge in [-0.15, -0.1) is 5.10 Å². The number of alkyl carbamates (subject to hydrolysis) is 2. The molecule has 2 amide bonds. The van der Waals surface area contributed by atoms with Crippen molar-refractivity contribution in [3.05, 3.63) is 42.2 Å². The molecule has 3 atom stereocenters. The number of hydrogen-bond donors (Lipinski definition) is 2. The molecule has 0 saturated heterocycles. The molecule has 1 saturated carbocycles. The number of aromatic nitrogens is 4. The Hall–Kier alpha value is -3.17. The Labute approximate surface area is 175 Å². The normalized spacial score (nSPS) is 21.5. The largest absolute Gasteiger partial charge is 0.445 e. The first-order chi connectivity index (χ1) is 14.3. The van der Waals surface area contributed by atoms with Crippen molar-refractivity contribution >= 4 is 12.2 Å². The Morgan fingerprint density at radius 3 is 2.50 bits per heavy atom. The number of ether oxygens (including phenoxy) is 2. The van der Waals surface area contributed by atoms with E-state index in [-0.39, 0.29) is 24.7 Å². The molecule has 2 aromatic rings. The molecule has 2 N–H and O–H groups in total. The summed E-state index contributed by atoms with van der Waals surface area (Å²) in [7, 11) is 0. The zero-order valence-electron chi connectivity index (χ0n) is 17.4. The molecule has 1 aliphatic carbocycles. The van der Waals surface area contributed by atoms with Gasteiger partial charge in [0, 0.05) is 0 Å². The van der Waals surface area contributed by atoms with Crippen LogP contribution in [0, 0.1) is 0 Å². The molecule has 10 heteroatoms. The van der Waals surface area contributed by atoms with Crippen LogP contribution in [-0.2, 0) is 16.1 Å². The van der Waals surface area contributed by atoms with Gasteiger partial charge < -0.3 is 20.1 Å². The van der Waals surface area contributed by atoms with Gasteiger partial charge in [0.05, 0.1) is 18.1 Å². The van der Waals surface area contributed by atoms with Crippen LogP contribution in [0.2, 0.25) is 0 Å². The van der Waals surface area contributed by atoms with Crippen LogP contribution in [0.5, 0.6) is 0 Å². The maximum absolute atomic E-state index is 12.3. The molecule has 0 spiro atoms. The Bertz CT molecular complexity index is 822. The van der Waals surface area contributed by atoms with Crippen LogP contribution in [0.3, 0.4) is 0 Å².